The number of rotatable bonds is 5. The van der Waals surface area contributed by atoms with Crippen molar-refractivity contribution in [2.45, 2.75) is 6.92 Å². The van der Waals surface area contributed by atoms with Crippen molar-refractivity contribution in [3.8, 4) is 17.1 Å². The molecule has 0 unspecified atom stereocenters. The summed E-state index contributed by atoms with van der Waals surface area (Å²) in [7, 11) is 1.58. The van der Waals surface area contributed by atoms with Crippen LogP contribution in [0.5, 0.6) is 5.75 Å². The predicted octanol–water partition coefficient (Wildman–Crippen LogP) is 3.81. The van der Waals surface area contributed by atoms with E-state index in [1.165, 1.54) is 6.92 Å². The van der Waals surface area contributed by atoms with Crippen LogP contribution in [-0.2, 0) is 0 Å². The Hall–Kier alpha value is -3.41. The Morgan fingerprint density at radius 3 is 2.64 bits per heavy atom. The molecule has 6 nitrogen and oxygen atoms in total. The van der Waals surface area contributed by atoms with Gasteiger partial charge in [-0.3, -0.25) is 9.59 Å². The number of benzene rings is 2. The highest BCUT2D eigenvalue weighted by Crippen LogP contribution is 2.24. The second-order valence-corrected chi connectivity index (χ2v) is 5.40. The summed E-state index contributed by atoms with van der Waals surface area (Å²) in [5.41, 5.74) is 1.94. The van der Waals surface area contributed by atoms with Crippen LogP contribution in [0, 0.1) is 0 Å². The van der Waals surface area contributed by atoms with Gasteiger partial charge in [0.15, 0.2) is 17.2 Å². The number of carbonyl (C=O) groups excluding carboxylic acids is 2. The lowest BCUT2D eigenvalue weighted by molar-refractivity contribution is 0.100. The van der Waals surface area contributed by atoms with Crippen molar-refractivity contribution in [1.29, 1.82) is 0 Å². The first-order chi connectivity index (χ1) is 12.1. The Balaban J connectivity index is 1.78. The number of Topliss-reactive ketones (excluding diaryl/α,β-unsaturated/α-hetero) is 1. The molecule has 0 saturated heterocycles. The molecule has 3 aromatic rings. The van der Waals surface area contributed by atoms with E-state index >= 15 is 0 Å². The minimum Gasteiger partial charge on any atom is -0.497 e. The van der Waals surface area contributed by atoms with Crippen molar-refractivity contribution in [3.63, 3.8) is 0 Å². The molecule has 0 bridgehead atoms. The molecule has 0 saturated carbocycles. The van der Waals surface area contributed by atoms with Crippen molar-refractivity contribution in [3.05, 3.63) is 65.9 Å². The number of methoxy groups -OCH3 is 1. The maximum atomic E-state index is 12.3. The Kier molecular flexibility index (Phi) is 4.61. The molecule has 1 N–H and O–H groups in total. The number of hydrogen-bond acceptors (Lipinski definition) is 5. The molecule has 0 atom stereocenters. The largest absolute Gasteiger partial charge is 0.497 e. The smallest absolute Gasteiger partial charge is 0.277 e. The van der Waals surface area contributed by atoms with Crippen LogP contribution in [-0.4, -0.2) is 24.0 Å². The maximum absolute atomic E-state index is 12.3. The number of amides is 1. The molecule has 3 rings (SSSR count). The number of ether oxygens (including phenoxy) is 1. The van der Waals surface area contributed by atoms with Crippen molar-refractivity contribution < 1.29 is 18.8 Å². The van der Waals surface area contributed by atoms with Crippen molar-refractivity contribution in [2.75, 3.05) is 12.4 Å². The van der Waals surface area contributed by atoms with Crippen LogP contribution < -0.4 is 10.1 Å². The molecule has 0 aliphatic heterocycles. The third kappa shape index (κ3) is 3.74. The van der Waals surface area contributed by atoms with Gasteiger partial charge in [-0.15, -0.1) is 0 Å². The average molecular weight is 336 g/mol. The second-order valence-electron chi connectivity index (χ2n) is 5.40. The van der Waals surface area contributed by atoms with Gasteiger partial charge in [0.1, 0.15) is 5.75 Å². The second kappa shape index (κ2) is 7.00. The summed E-state index contributed by atoms with van der Waals surface area (Å²) in [5, 5.41) is 6.51. The molecular formula is C19H16N2O4. The first-order valence-electron chi connectivity index (χ1n) is 7.60. The third-order valence-electron chi connectivity index (χ3n) is 3.62. The van der Waals surface area contributed by atoms with Gasteiger partial charge in [-0.2, -0.15) is 0 Å². The summed E-state index contributed by atoms with van der Waals surface area (Å²) >= 11 is 0. The van der Waals surface area contributed by atoms with E-state index in [1.54, 1.807) is 43.5 Å². The maximum Gasteiger partial charge on any atom is 0.277 e. The zero-order valence-electron chi connectivity index (χ0n) is 13.8. The van der Waals surface area contributed by atoms with E-state index in [-0.39, 0.29) is 11.5 Å². The SMILES string of the molecule is COc1cccc(-c2cc(C(=O)Nc3cccc(C(C)=O)c3)no2)c1. The van der Waals surface area contributed by atoms with Crippen molar-refractivity contribution >= 4 is 17.4 Å². The van der Waals surface area contributed by atoms with E-state index in [0.717, 1.165) is 5.56 Å². The van der Waals surface area contributed by atoms with Gasteiger partial charge in [0.25, 0.3) is 5.91 Å². The first-order valence-corrected chi connectivity index (χ1v) is 7.60. The van der Waals surface area contributed by atoms with Crippen LogP contribution in [0.1, 0.15) is 27.8 Å². The Labute approximate surface area is 144 Å². The topological polar surface area (TPSA) is 81.4 Å². The number of anilines is 1. The molecular weight excluding hydrogens is 320 g/mol. The molecule has 6 heteroatoms. The summed E-state index contributed by atoms with van der Waals surface area (Å²) in [5.74, 6) is 0.652. The van der Waals surface area contributed by atoms with Crippen LogP contribution >= 0.6 is 0 Å². The van der Waals surface area contributed by atoms with Gasteiger partial charge < -0.3 is 14.6 Å². The minimum atomic E-state index is -0.418. The molecule has 2 aromatic carbocycles. The van der Waals surface area contributed by atoms with Crippen LogP contribution in [0.15, 0.2) is 59.1 Å². The lowest BCUT2D eigenvalue weighted by atomic mass is 10.1. The van der Waals surface area contributed by atoms with Gasteiger partial charge in [0.05, 0.1) is 7.11 Å². The molecule has 0 radical (unpaired) electrons. The molecule has 0 fully saturated rings. The van der Waals surface area contributed by atoms with Gasteiger partial charge in [-0.05, 0) is 31.2 Å². The van der Waals surface area contributed by atoms with E-state index in [9.17, 15) is 9.59 Å². The van der Waals surface area contributed by atoms with E-state index < -0.39 is 5.91 Å². The highest BCUT2D eigenvalue weighted by molar-refractivity contribution is 6.04. The average Bonchev–Trinajstić information content (AvgIpc) is 3.12. The standard InChI is InChI=1S/C19H16N2O4/c1-12(22)13-5-3-7-15(9-13)20-19(23)17-11-18(25-21-17)14-6-4-8-16(10-14)24-2/h3-11H,1-2H3,(H,20,23). The van der Waals surface area contributed by atoms with Crippen LogP contribution in [0.3, 0.4) is 0 Å². The Morgan fingerprint density at radius 1 is 1.08 bits per heavy atom. The Morgan fingerprint density at radius 2 is 1.88 bits per heavy atom. The van der Waals surface area contributed by atoms with Gasteiger partial charge >= 0.3 is 0 Å². The number of ketones is 1. The lowest BCUT2D eigenvalue weighted by Gasteiger charge is -2.04. The molecule has 1 heterocycles. The third-order valence-corrected chi connectivity index (χ3v) is 3.62. The summed E-state index contributed by atoms with van der Waals surface area (Å²) in [6.45, 7) is 1.47. The molecule has 0 aliphatic carbocycles. The number of nitrogens with zero attached hydrogens (tertiary/aromatic N) is 1. The summed E-state index contributed by atoms with van der Waals surface area (Å²) in [6.07, 6.45) is 0. The van der Waals surface area contributed by atoms with Gasteiger partial charge in [-0.1, -0.05) is 29.4 Å². The fourth-order valence-electron chi connectivity index (χ4n) is 2.31. The Bertz CT molecular complexity index is 930. The van der Waals surface area contributed by atoms with Gasteiger partial charge in [0, 0.05) is 22.9 Å². The predicted molar refractivity (Wildman–Crippen MR) is 92.9 cm³/mol. The molecule has 0 aliphatic rings. The van der Waals surface area contributed by atoms with E-state index in [2.05, 4.69) is 10.5 Å². The van der Waals surface area contributed by atoms with Gasteiger partial charge in [0.2, 0.25) is 0 Å². The zero-order chi connectivity index (χ0) is 17.8. The highest BCUT2D eigenvalue weighted by atomic mass is 16.5. The molecule has 0 spiro atoms. The number of aromatic nitrogens is 1. The molecule has 25 heavy (non-hydrogen) atoms. The van der Waals surface area contributed by atoms with Crippen LogP contribution in [0.2, 0.25) is 0 Å². The van der Waals surface area contributed by atoms with Crippen LogP contribution in [0.25, 0.3) is 11.3 Å². The van der Waals surface area contributed by atoms with E-state index in [0.29, 0.717) is 22.8 Å². The molecule has 1 aromatic heterocycles. The summed E-state index contributed by atoms with van der Waals surface area (Å²) in [4.78, 5) is 23.7. The number of hydrogen-bond donors (Lipinski definition) is 1. The molecule has 1 amide bonds. The van der Waals surface area contributed by atoms with Crippen molar-refractivity contribution in [1.82, 2.24) is 5.16 Å². The van der Waals surface area contributed by atoms with Crippen molar-refractivity contribution in [2.24, 2.45) is 0 Å². The normalized spacial score (nSPS) is 10.3. The highest BCUT2D eigenvalue weighted by Gasteiger charge is 2.14. The molecule has 126 valence electrons. The zero-order valence-corrected chi connectivity index (χ0v) is 13.8. The van der Waals surface area contributed by atoms with E-state index in [1.807, 2.05) is 18.2 Å². The monoisotopic (exact) mass is 336 g/mol. The minimum absolute atomic E-state index is 0.0714. The van der Waals surface area contributed by atoms with Crippen LogP contribution in [0.4, 0.5) is 5.69 Å². The van der Waals surface area contributed by atoms with E-state index in [4.69, 9.17) is 9.26 Å². The fourth-order valence-corrected chi connectivity index (χ4v) is 2.31. The number of carbonyl (C=O) groups is 2. The fraction of sp³-hybridized carbons (Fsp3) is 0.105. The quantitative estimate of drug-likeness (QED) is 0.717. The number of nitrogens with one attached hydrogen (secondary N) is 1. The summed E-state index contributed by atoms with van der Waals surface area (Å²) < 4.78 is 10.4. The lowest BCUT2D eigenvalue weighted by Crippen LogP contribution is -2.12. The van der Waals surface area contributed by atoms with Gasteiger partial charge in [-0.25, -0.2) is 0 Å². The summed E-state index contributed by atoms with van der Waals surface area (Å²) in [6, 6.07) is 15.5. The first kappa shape index (κ1) is 16.4.